The quantitative estimate of drug-likeness (QED) is 0.653. The fourth-order valence-corrected chi connectivity index (χ4v) is 1.36. The van der Waals surface area contributed by atoms with E-state index in [0.29, 0.717) is 31.1 Å². The van der Waals surface area contributed by atoms with Gasteiger partial charge in [-0.1, -0.05) is 13.8 Å². The molecule has 20 heavy (non-hydrogen) atoms. The van der Waals surface area contributed by atoms with Crippen LogP contribution in [0.4, 0.5) is 11.9 Å². The summed E-state index contributed by atoms with van der Waals surface area (Å²) in [5, 5.41) is 3.14. The normalized spacial score (nSPS) is 10.4. The van der Waals surface area contributed by atoms with Crippen LogP contribution >= 0.6 is 0 Å². The minimum atomic E-state index is 0.322. The van der Waals surface area contributed by atoms with Gasteiger partial charge in [-0.15, -0.1) is 0 Å². The minimum Gasteiger partial charge on any atom is -0.461 e. The molecule has 0 spiro atoms. The van der Waals surface area contributed by atoms with Gasteiger partial charge in [0.2, 0.25) is 11.9 Å². The van der Waals surface area contributed by atoms with Crippen LogP contribution in [0, 0.1) is 0 Å². The van der Waals surface area contributed by atoms with Crippen LogP contribution in [0.25, 0.3) is 0 Å². The highest BCUT2D eigenvalue weighted by atomic mass is 16.5. The summed E-state index contributed by atoms with van der Waals surface area (Å²) in [7, 11) is 3.76. The molecule has 0 aliphatic carbocycles. The molecule has 0 aliphatic heterocycles. The molecule has 114 valence electrons. The van der Waals surface area contributed by atoms with Gasteiger partial charge in [0, 0.05) is 27.2 Å². The van der Waals surface area contributed by atoms with E-state index in [4.69, 9.17) is 9.47 Å². The van der Waals surface area contributed by atoms with Gasteiger partial charge in [0.05, 0.1) is 6.61 Å². The van der Waals surface area contributed by atoms with Crippen molar-refractivity contribution in [1.82, 2.24) is 15.0 Å². The molecule has 0 fully saturated rings. The third-order valence-electron chi connectivity index (χ3n) is 2.34. The first-order chi connectivity index (χ1) is 9.67. The molecule has 1 aromatic heterocycles. The number of hydrogen-bond acceptors (Lipinski definition) is 7. The van der Waals surface area contributed by atoms with Crippen LogP contribution in [-0.4, -0.2) is 55.4 Å². The standard InChI is InChI=1S/C13H25N5O2/c1-5-7-14-11-15-12(18(3)4)17-13(16-11)20-10-9-19-8-6-2/h5-10H2,1-4H3,(H,14,15,16,17). The number of nitrogens with one attached hydrogen (secondary N) is 1. The Hall–Kier alpha value is -1.63. The maximum absolute atomic E-state index is 5.51. The molecular formula is C13H25N5O2. The van der Waals surface area contributed by atoms with Crippen molar-refractivity contribution in [1.29, 1.82) is 0 Å². The molecule has 0 atom stereocenters. The summed E-state index contributed by atoms with van der Waals surface area (Å²) in [5.41, 5.74) is 0. The molecule has 0 amide bonds. The Labute approximate surface area is 120 Å². The fourth-order valence-electron chi connectivity index (χ4n) is 1.36. The van der Waals surface area contributed by atoms with E-state index in [2.05, 4.69) is 34.1 Å². The smallest absolute Gasteiger partial charge is 0.323 e. The van der Waals surface area contributed by atoms with Crippen molar-refractivity contribution in [3.8, 4) is 6.01 Å². The van der Waals surface area contributed by atoms with Crippen LogP contribution in [0.15, 0.2) is 0 Å². The van der Waals surface area contributed by atoms with Crippen LogP contribution in [0.3, 0.4) is 0 Å². The molecule has 1 rings (SSSR count). The van der Waals surface area contributed by atoms with Crippen LogP contribution in [0.5, 0.6) is 6.01 Å². The average Bonchev–Trinajstić information content (AvgIpc) is 2.44. The number of hydrogen-bond donors (Lipinski definition) is 1. The van der Waals surface area contributed by atoms with Gasteiger partial charge in [-0.25, -0.2) is 0 Å². The third kappa shape index (κ3) is 6.01. The summed E-state index contributed by atoms with van der Waals surface area (Å²) in [6, 6.07) is 0.322. The molecule has 0 bridgehead atoms. The molecule has 1 N–H and O–H groups in total. The highest BCUT2D eigenvalue weighted by molar-refractivity contribution is 5.36. The van der Waals surface area contributed by atoms with E-state index in [1.165, 1.54) is 0 Å². The first-order valence-corrected chi connectivity index (χ1v) is 7.05. The Morgan fingerprint density at radius 3 is 2.45 bits per heavy atom. The lowest BCUT2D eigenvalue weighted by Gasteiger charge is -2.13. The Morgan fingerprint density at radius 2 is 1.80 bits per heavy atom. The number of aromatic nitrogens is 3. The zero-order valence-electron chi connectivity index (χ0n) is 12.8. The van der Waals surface area contributed by atoms with Gasteiger partial charge in [-0.2, -0.15) is 15.0 Å². The Morgan fingerprint density at radius 1 is 1.00 bits per heavy atom. The molecule has 0 aliphatic rings. The first-order valence-electron chi connectivity index (χ1n) is 7.05. The maximum Gasteiger partial charge on any atom is 0.323 e. The number of anilines is 2. The molecule has 7 heteroatoms. The molecular weight excluding hydrogens is 258 g/mol. The summed E-state index contributed by atoms with van der Waals surface area (Å²) in [6.07, 6.45) is 2.01. The van der Waals surface area contributed by atoms with Crippen LogP contribution in [0.1, 0.15) is 26.7 Å². The monoisotopic (exact) mass is 283 g/mol. The number of ether oxygens (including phenoxy) is 2. The van der Waals surface area contributed by atoms with E-state index >= 15 is 0 Å². The Bertz CT molecular complexity index is 387. The molecule has 0 unspecified atom stereocenters. The predicted molar refractivity (Wildman–Crippen MR) is 79.5 cm³/mol. The van der Waals surface area contributed by atoms with Crippen molar-refractivity contribution in [3.05, 3.63) is 0 Å². The third-order valence-corrected chi connectivity index (χ3v) is 2.34. The highest BCUT2D eigenvalue weighted by Gasteiger charge is 2.08. The molecule has 1 aromatic rings. The van der Waals surface area contributed by atoms with Gasteiger partial charge in [0.15, 0.2) is 0 Å². The van der Waals surface area contributed by atoms with Gasteiger partial charge in [0.25, 0.3) is 0 Å². The number of rotatable bonds is 10. The van der Waals surface area contributed by atoms with E-state index in [1.807, 2.05) is 19.0 Å². The molecule has 1 heterocycles. The molecule has 0 saturated carbocycles. The van der Waals surface area contributed by atoms with E-state index in [1.54, 1.807) is 0 Å². The Kier molecular flexibility index (Phi) is 7.64. The van der Waals surface area contributed by atoms with Gasteiger partial charge in [-0.05, 0) is 12.8 Å². The van der Waals surface area contributed by atoms with Crippen molar-refractivity contribution >= 4 is 11.9 Å². The second kappa shape index (κ2) is 9.30. The summed E-state index contributed by atoms with van der Waals surface area (Å²) in [4.78, 5) is 14.6. The average molecular weight is 283 g/mol. The second-order valence-electron chi connectivity index (χ2n) is 4.52. The highest BCUT2D eigenvalue weighted by Crippen LogP contribution is 2.13. The topological polar surface area (TPSA) is 72.4 Å². The lowest BCUT2D eigenvalue weighted by atomic mass is 10.5. The van der Waals surface area contributed by atoms with E-state index < -0.39 is 0 Å². The molecule has 7 nitrogen and oxygen atoms in total. The largest absolute Gasteiger partial charge is 0.461 e. The van der Waals surface area contributed by atoms with Crippen LogP contribution < -0.4 is 15.0 Å². The number of nitrogens with zero attached hydrogens (tertiary/aromatic N) is 4. The van der Waals surface area contributed by atoms with Crippen molar-refractivity contribution < 1.29 is 9.47 Å². The summed E-state index contributed by atoms with van der Waals surface area (Å²) >= 11 is 0. The SMILES string of the molecule is CCCNc1nc(OCCOCCC)nc(N(C)C)n1. The van der Waals surface area contributed by atoms with Crippen molar-refractivity contribution in [2.75, 3.05) is 50.7 Å². The molecule has 0 aromatic carbocycles. The summed E-state index contributed by atoms with van der Waals surface area (Å²) < 4.78 is 10.9. The van der Waals surface area contributed by atoms with E-state index in [-0.39, 0.29) is 0 Å². The van der Waals surface area contributed by atoms with Crippen molar-refractivity contribution in [2.24, 2.45) is 0 Å². The predicted octanol–water partition coefficient (Wildman–Crippen LogP) is 1.56. The van der Waals surface area contributed by atoms with E-state index in [0.717, 1.165) is 26.0 Å². The van der Waals surface area contributed by atoms with Gasteiger partial charge >= 0.3 is 6.01 Å². The zero-order valence-corrected chi connectivity index (χ0v) is 12.8. The van der Waals surface area contributed by atoms with Crippen LogP contribution in [0.2, 0.25) is 0 Å². The Balaban J connectivity index is 2.60. The fraction of sp³-hybridized carbons (Fsp3) is 0.769. The van der Waals surface area contributed by atoms with Gasteiger partial charge in [-0.3, -0.25) is 0 Å². The lowest BCUT2D eigenvalue weighted by molar-refractivity contribution is 0.0972. The van der Waals surface area contributed by atoms with Crippen molar-refractivity contribution in [3.63, 3.8) is 0 Å². The zero-order chi connectivity index (χ0) is 14.8. The minimum absolute atomic E-state index is 0.322. The second-order valence-corrected chi connectivity index (χ2v) is 4.52. The maximum atomic E-state index is 5.51. The molecule has 0 radical (unpaired) electrons. The van der Waals surface area contributed by atoms with Crippen molar-refractivity contribution in [2.45, 2.75) is 26.7 Å². The van der Waals surface area contributed by atoms with E-state index in [9.17, 15) is 0 Å². The first kappa shape index (κ1) is 16.4. The van der Waals surface area contributed by atoms with Gasteiger partial charge in [0.1, 0.15) is 6.61 Å². The summed E-state index contributed by atoms with van der Waals surface area (Å²) in [6.45, 7) is 6.69. The molecule has 0 saturated heterocycles. The van der Waals surface area contributed by atoms with Gasteiger partial charge < -0.3 is 19.7 Å². The van der Waals surface area contributed by atoms with Crippen LogP contribution in [-0.2, 0) is 4.74 Å². The summed E-state index contributed by atoms with van der Waals surface area (Å²) in [5.74, 6) is 1.11. The lowest BCUT2D eigenvalue weighted by Crippen LogP contribution is -2.17.